The molecule has 2 heterocycles. The number of aromatic amines is 2. The predicted octanol–water partition coefficient (Wildman–Crippen LogP) is 1.09. The maximum atomic E-state index is 12.3. The molecule has 3 rings (SSSR count). The molecule has 1 aliphatic carbocycles. The Labute approximate surface area is 120 Å². The van der Waals surface area contributed by atoms with Gasteiger partial charge in [-0.05, 0) is 6.42 Å². The van der Waals surface area contributed by atoms with Gasteiger partial charge in [-0.15, -0.1) is 0 Å². The van der Waals surface area contributed by atoms with Crippen molar-refractivity contribution < 1.29 is 14.7 Å². The van der Waals surface area contributed by atoms with E-state index in [1.165, 1.54) is 17.3 Å². The van der Waals surface area contributed by atoms with Crippen LogP contribution in [0.25, 0.3) is 0 Å². The number of nitrogens with one attached hydrogen (secondary N) is 2. The monoisotopic (exact) mass is 289 g/mol. The van der Waals surface area contributed by atoms with Gasteiger partial charge in [-0.25, -0.2) is 14.8 Å². The van der Waals surface area contributed by atoms with Crippen molar-refractivity contribution in [1.29, 1.82) is 0 Å². The molecule has 0 spiro atoms. The Bertz CT molecular complexity index is 617. The first-order valence-electron chi connectivity index (χ1n) is 6.70. The second-order valence-electron chi connectivity index (χ2n) is 4.94. The molecule has 1 saturated carbocycles. The number of carboxylic acids is 1. The van der Waals surface area contributed by atoms with Crippen LogP contribution in [0.3, 0.4) is 0 Å². The topological polar surface area (TPSA) is 115 Å². The van der Waals surface area contributed by atoms with Crippen LogP contribution in [0, 0.1) is 5.92 Å². The van der Waals surface area contributed by atoms with E-state index >= 15 is 0 Å². The third-order valence-corrected chi connectivity index (χ3v) is 3.76. The largest absolute Gasteiger partial charge is 0.479 e. The van der Waals surface area contributed by atoms with Gasteiger partial charge in [-0.2, -0.15) is 0 Å². The summed E-state index contributed by atoms with van der Waals surface area (Å²) in [6, 6.07) is 0. The van der Waals surface area contributed by atoms with Crippen molar-refractivity contribution >= 4 is 23.6 Å². The Morgan fingerprint density at radius 2 is 1.90 bits per heavy atom. The van der Waals surface area contributed by atoms with Crippen molar-refractivity contribution in [2.45, 2.75) is 25.3 Å². The number of imidazole rings is 2. The number of carboxylic acid groups (broad SMARTS) is 1. The van der Waals surface area contributed by atoms with Crippen LogP contribution in [0.2, 0.25) is 0 Å². The predicted molar refractivity (Wildman–Crippen MR) is 73.1 cm³/mol. The number of hydrogen-bond acceptors (Lipinski definition) is 5. The summed E-state index contributed by atoms with van der Waals surface area (Å²) in [5.74, 6) is -1.50. The van der Waals surface area contributed by atoms with Gasteiger partial charge < -0.3 is 15.1 Å². The molecule has 2 aromatic heterocycles. The fourth-order valence-electron chi connectivity index (χ4n) is 2.79. The Morgan fingerprint density at radius 1 is 1.33 bits per heavy atom. The molecule has 0 amide bonds. The molecule has 2 unspecified atom stereocenters. The minimum Gasteiger partial charge on any atom is -0.479 e. The van der Waals surface area contributed by atoms with Crippen LogP contribution in [0.5, 0.6) is 0 Å². The first-order valence-corrected chi connectivity index (χ1v) is 6.70. The average Bonchev–Trinajstić information content (AvgIpc) is 2.96. The number of H-pyrrole nitrogens is 2. The van der Waals surface area contributed by atoms with E-state index in [1.54, 1.807) is 12.4 Å². The van der Waals surface area contributed by atoms with Crippen molar-refractivity contribution in [1.82, 2.24) is 19.9 Å². The Morgan fingerprint density at radius 3 is 2.29 bits per heavy atom. The zero-order chi connectivity index (χ0) is 15.0. The standard InChI is InChI=1S/C13H15N5O3/c1-2-3-8-9(19)13(8,10(20)21)18(11-14-4-5-15-11)12-16-6-7-17-12/h4-8H,2-3H2,1H3,(H,14,15)(H,16,17)(H,20,21). The van der Waals surface area contributed by atoms with Crippen LogP contribution >= 0.6 is 0 Å². The van der Waals surface area contributed by atoms with Crippen molar-refractivity contribution in [2.24, 2.45) is 5.92 Å². The third kappa shape index (κ3) is 1.75. The lowest BCUT2D eigenvalue weighted by molar-refractivity contribution is -0.140. The van der Waals surface area contributed by atoms with Gasteiger partial charge in [0.25, 0.3) is 0 Å². The quantitative estimate of drug-likeness (QED) is 0.686. The summed E-state index contributed by atoms with van der Waals surface area (Å²) in [5, 5.41) is 9.69. The number of Topliss-reactive ketones (excluding diaryl/α,β-unsaturated/α-hetero) is 1. The molecule has 3 N–H and O–H groups in total. The van der Waals surface area contributed by atoms with Crippen LogP contribution in [-0.4, -0.2) is 42.3 Å². The van der Waals surface area contributed by atoms with E-state index in [4.69, 9.17) is 0 Å². The number of anilines is 2. The number of nitrogens with zero attached hydrogens (tertiary/aromatic N) is 3. The second kappa shape index (κ2) is 4.72. The van der Waals surface area contributed by atoms with E-state index in [2.05, 4.69) is 19.9 Å². The number of ketones is 1. The van der Waals surface area contributed by atoms with Gasteiger partial charge in [-0.3, -0.25) is 9.69 Å². The highest BCUT2D eigenvalue weighted by molar-refractivity contribution is 6.27. The van der Waals surface area contributed by atoms with Gasteiger partial charge >= 0.3 is 5.97 Å². The molecule has 110 valence electrons. The first-order chi connectivity index (χ1) is 10.1. The molecule has 2 atom stereocenters. The summed E-state index contributed by atoms with van der Waals surface area (Å²) in [4.78, 5) is 39.4. The van der Waals surface area contributed by atoms with Crippen molar-refractivity contribution in [3.05, 3.63) is 24.8 Å². The molecule has 21 heavy (non-hydrogen) atoms. The molecule has 0 bridgehead atoms. The summed E-state index contributed by atoms with van der Waals surface area (Å²) in [6.45, 7) is 1.92. The maximum Gasteiger partial charge on any atom is 0.338 e. The number of aromatic nitrogens is 4. The average molecular weight is 289 g/mol. The van der Waals surface area contributed by atoms with E-state index in [0.29, 0.717) is 6.42 Å². The second-order valence-corrected chi connectivity index (χ2v) is 4.94. The summed E-state index contributed by atoms with van der Waals surface area (Å²) in [6.07, 6.45) is 7.40. The minimum atomic E-state index is -1.63. The number of aliphatic carboxylic acids is 1. The fourth-order valence-corrected chi connectivity index (χ4v) is 2.79. The van der Waals surface area contributed by atoms with E-state index in [1.807, 2.05) is 6.92 Å². The van der Waals surface area contributed by atoms with Crippen LogP contribution in [-0.2, 0) is 9.59 Å². The van der Waals surface area contributed by atoms with Crippen molar-refractivity contribution in [3.8, 4) is 0 Å². The molecule has 8 nitrogen and oxygen atoms in total. The van der Waals surface area contributed by atoms with Crippen LogP contribution in [0.15, 0.2) is 24.8 Å². The zero-order valence-corrected chi connectivity index (χ0v) is 11.4. The van der Waals surface area contributed by atoms with Gasteiger partial charge in [0.15, 0.2) is 5.78 Å². The number of hydrogen-bond donors (Lipinski definition) is 3. The molecular weight excluding hydrogens is 274 g/mol. The molecule has 0 saturated heterocycles. The zero-order valence-electron chi connectivity index (χ0n) is 11.4. The molecule has 1 fully saturated rings. The molecule has 8 heteroatoms. The van der Waals surface area contributed by atoms with Crippen molar-refractivity contribution in [3.63, 3.8) is 0 Å². The fraction of sp³-hybridized carbons (Fsp3) is 0.385. The summed E-state index contributed by atoms with van der Waals surface area (Å²) in [5.41, 5.74) is -1.63. The highest BCUT2D eigenvalue weighted by Gasteiger charge is 2.75. The lowest BCUT2D eigenvalue weighted by Gasteiger charge is -2.25. The van der Waals surface area contributed by atoms with Crippen LogP contribution < -0.4 is 4.90 Å². The van der Waals surface area contributed by atoms with Crippen molar-refractivity contribution in [2.75, 3.05) is 4.90 Å². The first kappa shape index (κ1) is 13.3. The molecule has 1 aliphatic rings. The van der Waals surface area contributed by atoms with Crippen LogP contribution in [0.4, 0.5) is 11.9 Å². The molecule has 0 aliphatic heterocycles. The van der Waals surface area contributed by atoms with Gasteiger partial charge in [0.2, 0.25) is 17.4 Å². The van der Waals surface area contributed by atoms with Gasteiger partial charge in [0.05, 0.1) is 5.92 Å². The van der Waals surface area contributed by atoms with E-state index in [-0.39, 0.29) is 17.7 Å². The minimum absolute atomic E-state index is 0.277. The highest BCUT2D eigenvalue weighted by Crippen LogP contribution is 2.50. The lowest BCUT2D eigenvalue weighted by atomic mass is 10.1. The van der Waals surface area contributed by atoms with E-state index in [0.717, 1.165) is 6.42 Å². The molecule has 0 aromatic carbocycles. The summed E-state index contributed by atoms with van der Waals surface area (Å²) < 4.78 is 0. The Hall–Kier alpha value is -2.64. The van der Waals surface area contributed by atoms with Gasteiger partial charge in [0, 0.05) is 24.8 Å². The van der Waals surface area contributed by atoms with Gasteiger partial charge in [0.1, 0.15) is 0 Å². The molecular formula is C13H15N5O3. The summed E-state index contributed by atoms with van der Waals surface area (Å²) >= 11 is 0. The number of carbonyl (C=O) groups is 2. The number of carbonyl (C=O) groups excluding carboxylic acids is 1. The van der Waals surface area contributed by atoms with Gasteiger partial charge in [-0.1, -0.05) is 13.3 Å². The Balaban J connectivity index is 2.11. The maximum absolute atomic E-state index is 12.3. The van der Waals surface area contributed by atoms with E-state index < -0.39 is 17.4 Å². The van der Waals surface area contributed by atoms with Crippen LogP contribution in [0.1, 0.15) is 19.8 Å². The third-order valence-electron chi connectivity index (χ3n) is 3.76. The highest BCUT2D eigenvalue weighted by atomic mass is 16.4. The molecule has 0 radical (unpaired) electrons. The SMILES string of the molecule is CCCC1C(=O)C1(C(=O)O)N(c1ncc[nH]1)c1ncc[nH]1. The summed E-state index contributed by atoms with van der Waals surface area (Å²) in [7, 11) is 0. The molecule has 2 aromatic rings. The smallest absolute Gasteiger partial charge is 0.338 e. The number of rotatable bonds is 6. The Kier molecular flexibility index (Phi) is 3.00. The normalized spacial score (nSPS) is 24.0. The lowest BCUT2D eigenvalue weighted by Crippen LogP contribution is -2.45. The van der Waals surface area contributed by atoms with E-state index in [9.17, 15) is 14.7 Å².